The number of fused-ring (bicyclic) bond motifs is 2. The molecule has 11 heteroatoms. The fourth-order valence-electron chi connectivity index (χ4n) is 4.55. The molecule has 1 aliphatic carbocycles. The maximum absolute atomic E-state index is 13.7. The third-order valence-electron chi connectivity index (χ3n) is 6.31. The van der Waals surface area contributed by atoms with Crippen LogP contribution in [0.3, 0.4) is 0 Å². The number of carbonyl (C=O) groups is 1. The Balaban J connectivity index is 0.00000158. The number of nitrogens with zero attached hydrogens (tertiary/aromatic N) is 4. The quantitative estimate of drug-likeness (QED) is 0.178. The minimum Gasteiger partial charge on any atom is -0.507 e. The van der Waals surface area contributed by atoms with Crippen LogP contribution in [0.25, 0.3) is 33.5 Å². The summed E-state index contributed by atoms with van der Waals surface area (Å²) in [6, 6.07) is 19.9. The van der Waals surface area contributed by atoms with E-state index in [-0.39, 0.29) is 34.3 Å². The Morgan fingerprint density at radius 1 is 0.775 bits per heavy atom. The predicted molar refractivity (Wildman–Crippen MR) is 150 cm³/mol. The van der Waals surface area contributed by atoms with Crippen LogP contribution in [0.15, 0.2) is 78.9 Å². The van der Waals surface area contributed by atoms with Gasteiger partial charge in [-0.25, -0.2) is 9.97 Å². The first-order valence-corrected chi connectivity index (χ1v) is 12.3. The molecular formula is C29H21N5O6. The molecule has 0 amide bonds. The number of carbonyl (C=O) groups excluding carboxylic acids is 1. The van der Waals surface area contributed by atoms with E-state index in [0.717, 1.165) is 6.07 Å². The normalized spacial score (nSPS) is 11.3. The number of ketones is 1. The van der Waals surface area contributed by atoms with Gasteiger partial charge in [-0.2, -0.15) is 0 Å². The summed E-state index contributed by atoms with van der Waals surface area (Å²) < 4.78 is 0. The van der Waals surface area contributed by atoms with Crippen molar-refractivity contribution in [3.05, 3.63) is 110 Å². The number of aromatic nitrogens is 2. The van der Waals surface area contributed by atoms with Crippen LogP contribution in [-0.4, -0.2) is 30.7 Å². The van der Waals surface area contributed by atoms with Gasteiger partial charge in [0, 0.05) is 40.4 Å². The maximum Gasteiger partial charge on any atom is 0.273 e. The standard InChI is InChI=1S/C27H15N5O6.C2H6/c33-22-13-16(32(37)38)9-10-19(22)27-29-20-11-12-21(28-14-5-7-15(8-6-14)31(35)36)24-23(20)25(30-27)17-3-1-2-4-18(17)26(24)34;1-2/h1-13,28,33H;1-2H3. The average molecular weight is 536 g/mol. The summed E-state index contributed by atoms with van der Waals surface area (Å²) in [6.07, 6.45) is 0. The van der Waals surface area contributed by atoms with Crippen LogP contribution < -0.4 is 5.32 Å². The minimum atomic E-state index is -0.609. The number of hydrogen-bond donors (Lipinski definition) is 2. The lowest BCUT2D eigenvalue weighted by molar-refractivity contribution is -0.385. The van der Waals surface area contributed by atoms with Gasteiger partial charge in [-0.1, -0.05) is 38.1 Å². The minimum absolute atomic E-state index is 0.0573. The molecule has 0 bridgehead atoms. The maximum atomic E-state index is 13.7. The Morgan fingerprint density at radius 3 is 2.08 bits per heavy atom. The molecule has 0 atom stereocenters. The molecule has 0 radical (unpaired) electrons. The summed E-state index contributed by atoms with van der Waals surface area (Å²) in [4.78, 5) is 43.9. The molecular weight excluding hydrogens is 514 g/mol. The van der Waals surface area contributed by atoms with Crippen LogP contribution >= 0.6 is 0 Å². The summed E-state index contributed by atoms with van der Waals surface area (Å²) in [5.41, 5.74) is 3.17. The lowest BCUT2D eigenvalue weighted by Crippen LogP contribution is -2.14. The van der Waals surface area contributed by atoms with E-state index < -0.39 is 9.85 Å². The molecule has 1 heterocycles. The number of aromatic hydroxyl groups is 1. The molecule has 5 aromatic rings. The highest BCUT2D eigenvalue weighted by Crippen LogP contribution is 2.43. The fraction of sp³-hybridized carbons (Fsp3) is 0.0690. The van der Waals surface area contributed by atoms with Crippen LogP contribution in [0.4, 0.5) is 22.7 Å². The number of rotatable bonds is 5. The van der Waals surface area contributed by atoms with Crippen molar-refractivity contribution >= 4 is 39.4 Å². The summed E-state index contributed by atoms with van der Waals surface area (Å²) in [7, 11) is 0. The average Bonchev–Trinajstić information content (AvgIpc) is 2.97. The van der Waals surface area contributed by atoms with Gasteiger partial charge in [0.25, 0.3) is 11.4 Å². The first kappa shape index (κ1) is 25.9. The van der Waals surface area contributed by atoms with Crippen molar-refractivity contribution in [1.29, 1.82) is 0 Å². The van der Waals surface area contributed by atoms with Crippen molar-refractivity contribution in [2.45, 2.75) is 13.8 Å². The molecule has 1 aromatic heterocycles. The molecule has 0 aliphatic heterocycles. The van der Waals surface area contributed by atoms with E-state index in [4.69, 9.17) is 4.98 Å². The molecule has 6 rings (SSSR count). The number of anilines is 2. The molecule has 198 valence electrons. The van der Waals surface area contributed by atoms with E-state index in [0.29, 0.717) is 44.7 Å². The topological polar surface area (TPSA) is 161 Å². The SMILES string of the molecule is CC.O=C1c2ccccc2-c2nc(-c3ccc([N+](=O)[O-])cc3O)nc3ccc(Nc4ccc([N+](=O)[O-])cc4)c1c23. The lowest BCUT2D eigenvalue weighted by Gasteiger charge is -2.22. The molecule has 0 spiro atoms. The number of non-ortho nitro benzene ring substituents is 2. The smallest absolute Gasteiger partial charge is 0.273 e. The number of nitrogens with one attached hydrogen (secondary N) is 1. The second-order valence-corrected chi connectivity index (χ2v) is 8.54. The summed E-state index contributed by atoms with van der Waals surface area (Å²) in [6.45, 7) is 4.00. The molecule has 11 nitrogen and oxygen atoms in total. The number of phenolic OH excluding ortho intramolecular Hbond substituents is 1. The van der Waals surface area contributed by atoms with Gasteiger partial charge in [-0.3, -0.25) is 25.0 Å². The number of benzene rings is 4. The van der Waals surface area contributed by atoms with Crippen LogP contribution in [-0.2, 0) is 0 Å². The third-order valence-corrected chi connectivity index (χ3v) is 6.31. The van der Waals surface area contributed by atoms with Crippen molar-refractivity contribution in [2.24, 2.45) is 0 Å². The summed E-state index contributed by atoms with van der Waals surface area (Å²) in [5, 5.41) is 36.3. The zero-order valence-electron chi connectivity index (χ0n) is 21.3. The number of hydrogen-bond acceptors (Lipinski definition) is 9. The fourth-order valence-corrected chi connectivity index (χ4v) is 4.55. The van der Waals surface area contributed by atoms with Gasteiger partial charge in [-0.15, -0.1) is 0 Å². The van der Waals surface area contributed by atoms with E-state index in [9.17, 15) is 30.1 Å². The highest BCUT2D eigenvalue weighted by atomic mass is 16.6. The van der Waals surface area contributed by atoms with E-state index in [1.807, 2.05) is 13.8 Å². The van der Waals surface area contributed by atoms with Crippen LogP contribution in [0.5, 0.6) is 5.75 Å². The van der Waals surface area contributed by atoms with Crippen LogP contribution in [0, 0.1) is 20.2 Å². The van der Waals surface area contributed by atoms with E-state index in [1.54, 1.807) is 48.5 Å². The van der Waals surface area contributed by atoms with Crippen molar-refractivity contribution in [2.75, 3.05) is 5.32 Å². The van der Waals surface area contributed by atoms with Crippen LogP contribution in [0.1, 0.15) is 29.8 Å². The Bertz CT molecular complexity index is 1840. The first-order chi connectivity index (χ1) is 19.3. The number of nitro groups is 2. The largest absolute Gasteiger partial charge is 0.507 e. The van der Waals surface area contributed by atoms with Crippen molar-refractivity contribution < 1.29 is 19.7 Å². The molecule has 0 saturated carbocycles. The molecule has 1 aliphatic rings. The van der Waals surface area contributed by atoms with Gasteiger partial charge in [0.05, 0.1) is 43.9 Å². The number of phenols is 1. The van der Waals surface area contributed by atoms with Gasteiger partial charge >= 0.3 is 0 Å². The van der Waals surface area contributed by atoms with Crippen molar-refractivity contribution in [1.82, 2.24) is 9.97 Å². The first-order valence-electron chi connectivity index (χ1n) is 12.3. The van der Waals surface area contributed by atoms with Gasteiger partial charge in [0.2, 0.25) is 0 Å². The zero-order chi connectivity index (χ0) is 28.6. The highest BCUT2D eigenvalue weighted by molar-refractivity contribution is 6.27. The Hall–Kier alpha value is -5.71. The van der Waals surface area contributed by atoms with Crippen molar-refractivity contribution in [3.63, 3.8) is 0 Å². The Morgan fingerprint density at radius 2 is 1.43 bits per heavy atom. The predicted octanol–water partition coefficient (Wildman–Crippen LogP) is 6.80. The molecule has 4 aromatic carbocycles. The lowest BCUT2D eigenvalue weighted by atomic mass is 9.85. The third kappa shape index (κ3) is 4.35. The van der Waals surface area contributed by atoms with Gasteiger partial charge in [0.15, 0.2) is 11.6 Å². The molecule has 0 saturated heterocycles. The molecule has 0 unspecified atom stereocenters. The van der Waals surface area contributed by atoms with E-state index in [1.165, 1.54) is 24.3 Å². The number of nitro benzene ring substituents is 2. The van der Waals surface area contributed by atoms with E-state index >= 15 is 0 Å². The zero-order valence-corrected chi connectivity index (χ0v) is 21.3. The highest BCUT2D eigenvalue weighted by Gasteiger charge is 2.30. The molecule has 2 N–H and O–H groups in total. The second kappa shape index (κ2) is 10.2. The van der Waals surface area contributed by atoms with E-state index in [2.05, 4.69) is 10.3 Å². The molecule has 40 heavy (non-hydrogen) atoms. The van der Waals surface area contributed by atoms with Crippen LogP contribution in [0.2, 0.25) is 0 Å². The Kier molecular flexibility index (Phi) is 6.62. The second-order valence-electron chi connectivity index (χ2n) is 8.54. The van der Waals surface area contributed by atoms with Gasteiger partial charge in [0.1, 0.15) is 5.75 Å². The van der Waals surface area contributed by atoms with Gasteiger partial charge < -0.3 is 10.4 Å². The molecule has 0 fully saturated rings. The Labute approximate surface area is 227 Å². The van der Waals surface area contributed by atoms with Gasteiger partial charge in [-0.05, 0) is 30.3 Å². The monoisotopic (exact) mass is 535 g/mol. The van der Waals surface area contributed by atoms with Crippen molar-refractivity contribution in [3.8, 4) is 28.4 Å². The summed E-state index contributed by atoms with van der Waals surface area (Å²) in [5.74, 6) is -0.439. The summed E-state index contributed by atoms with van der Waals surface area (Å²) >= 11 is 0.